The molecule has 0 radical (unpaired) electrons. The van der Waals surface area contributed by atoms with Crippen molar-refractivity contribution in [3.05, 3.63) is 18.2 Å². The van der Waals surface area contributed by atoms with Crippen molar-refractivity contribution in [1.82, 2.24) is 15.3 Å². The van der Waals surface area contributed by atoms with E-state index in [9.17, 15) is 0 Å². The molecule has 1 aromatic heterocycles. The molecule has 0 spiro atoms. The van der Waals surface area contributed by atoms with Gasteiger partial charge in [0.15, 0.2) is 0 Å². The minimum absolute atomic E-state index is 0.0337. The summed E-state index contributed by atoms with van der Waals surface area (Å²) < 4.78 is 0. The van der Waals surface area contributed by atoms with Crippen molar-refractivity contribution in [3.8, 4) is 0 Å². The molecule has 0 aliphatic heterocycles. The molecule has 1 rings (SSSR count). The minimum atomic E-state index is -0.0337. The molecular formula is C10H19N3O. The summed E-state index contributed by atoms with van der Waals surface area (Å²) in [5, 5.41) is 12.3. The van der Waals surface area contributed by atoms with Crippen LogP contribution in [0, 0.1) is 5.41 Å². The van der Waals surface area contributed by atoms with Gasteiger partial charge in [-0.3, -0.25) is 0 Å². The first-order chi connectivity index (χ1) is 6.64. The second kappa shape index (κ2) is 5.12. The summed E-state index contributed by atoms with van der Waals surface area (Å²) in [7, 11) is 0. The molecule has 0 aromatic carbocycles. The van der Waals surface area contributed by atoms with Crippen LogP contribution in [0.2, 0.25) is 0 Å². The normalized spacial score (nSPS) is 11.9. The molecule has 1 heterocycles. The standard InChI is InChI=1S/C10H19N3O/c1-10(2,7-14)6-11-4-3-9-5-12-8-13-9/h5,8,11,14H,3-4,6-7H2,1-2H3,(H,12,13). The van der Waals surface area contributed by atoms with E-state index in [0.29, 0.717) is 0 Å². The molecule has 0 aliphatic rings. The summed E-state index contributed by atoms with van der Waals surface area (Å²) in [5.41, 5.74) is 1.10. The van der Waals surface area contributed by atoms with Crippen LogP contribution in [0.4, 0.5) is 0 Å². The van der Waals surface area contributed by atoms with E-state index in [0.717, 1.165) is 25.2 Å². The lowest BCUT2D eigenvalue weighted by Crippen LogP contribution is -2.33. The van der Waals surface area contributed by atoms with Gasteiger partial charge in [-0.05, 0) is 0 Å². The Balaban J connectivity index is 2.11. The van der Waals surface area contributed by atoms with Gasteiger partial charge in [-0.15, -0.1) is 0 Å². The molecule has 14 heavy (non-hydrogen) atoms. The number of aliphatic hydroxyl groups excluding tert-OH is 1. The smallest absolute Gasteiger partial charge is 0.0921 e. The Labute approximate surface area is 84.8 Å². The predicted molar refractivity (Wildman–Crippen MR) is 56.0 cm³/mol. The third kappa shape index (κ3) is 3.89. The maximum Gasteiger partial charge on any atom is 0.0921 e. The molecule has 80 valence electrons. The van der Waals surface area contributed by atoms with E-state index < -0.39 is 0 Å². The number of aliphatic hydroxyl groups is 1. The first-order valence-electron chi connectivity index (χ1n) is 4.93. The van der Waals surface area contributed by atoms with Crippen LogP contribution in [0.25, 0.3) is 0 Å². The fraction of sp³-hybridized carbons (Fsp3) is 0.700. The lowest BCUT2D eigenvalue weighted by atomic mass is 9.95. The molecule has 4 heteroatoms. The summed E-state index contributed by atoms with van der Waals surface area (Å²) >= 11 is 0. The number of nitrogens with zero attached hydrogens (tertiary/aromatic N) is 1. The highest BCUT2D eigenvalue weighted by Gasteiger charge is 2.14. The number of H-pyrrole nitrogens is 1. The van der Waals surface area contributed by atoms with Gasteiger partial charge in [-0.2, -0.15) is 0 Å². The monoisotopic (exact) mass is 197 g/mol. The molecule has 3 N–H and O–H groups in total. The third-order valence-electron chi connectivity index (χ3n) is 2.16. The molecule has 0 fully saturated rings. The number of hydrogen-bond donors (Lipinski definition) is 3. The number of imidazole rings is 1. The van der Waals surface area contributed by atoms with E-state index in [1.165, 1.54) is 0 Å². The van der Waals surface area contributed by atoms with Gasteiger partial charge in [0.1, 0.15) is 0 Å². The van der Waals surface area contributed by atoms with Crippen molar-refractivity contribution < 1.29 is 5.11 Å². The second-order valence-electron chi connectivity index (χ2n) is 4.33. The van der Waals surface area contributed by atoms with Crippen molar-refractivity contribution >= 4 is 0 Å². The molecule has 0 bridgehead atoms. The average molecular weight is 197 g/mol. The largest absolute Gasteiger partial charge is 0.396 e. The summed E-state index contributed by atoms with van der Waals surface area (Å²) in [6.45, 7) is 6.03. The van der Waals surface area contributed by atoms with Crippen LogP contribution < -0.4 is 5.32 Å². The van der Waals surface area contributed by atoms with Crippen LogP contribution in [0.15, 0.2) is 12.5 Å². The Morgan fingerprint density at radius 1 is 1.57 bits per heavy atom. The Morgan fingerprint density at radius 2 is 2.36 bits per heavy atom. The third-order valence-corrected chi connectivity index (χ3v) is 2.16. The molecule has 0 amide bonds. The van der Waals surface area contributed by atoms with Gasteiger partial charge in [-0.1, -0.05) is 13.8 Å². The highest BCUT2D eigenvalue weighted by atomic mass is 16.3. The average Bonchev–Trinajstić information content (AvgIpc) is 2.65. The number of aromatic amines is 1. The molecular weight excluding hydrogens is 178 g/mol. The number of aromatic nitrogens is 2. The summed E-state index contributed by atoms with van der Waals surface area (Å²) in [4.78, 5) is 6.99. The van der Waals surface area contributed by atoms with E-state index in [1.807, 2.05) is 20.0 Å². The Kier molecular flexibility index (Phi) is 4.10. The first kappa shape index (κ1) is 11.2. The van der Waals surface area contributed by atoms with Gasteiger partial charge < -0.3 is 15.4 Å². The summed E-state index contributed by atoms with van der Waals surface area (Å²) in [5.74, 6) is 0. The van der Waals surface area contributed by atoms with Crippen LogP contribution in [0.1, 0.15) is 19.5 Å². The lowest BCUT2D eigenvalue weighted by molar-refractivity contribution is 0.157. The van der Waals surface area contributed by atoms with Crippen molar-refractivity contribution in [2.24, 2.45) is 5.41 Å². The van der Waals surface area contributed by atoms with Gasteiger partial charge in [0.25, 0.3) is 0 Å². The Morgan fingerprint density at radius 3 is 2.93 bits per heavy atom. The Hall–Kier alpha value is -0.870. The number of hydrogen-bond acceptors (Lipinski definition) is 3. The SMILES string of the molecule is CC(C)(CO)CNCCc1cnc[nH]1. The van der Waals surface area contributed by atoms with Crippen LogP contribution in [0.5, 0.6) is 0 Å². The zero-order valence-corrected chi connectivity index (χ0v) is 8.88. The van der Waals surface area contributed by atoms with E-state index in [1.54, 1.807) is 6.33 Å². The van der Waals surface area contributed by atoms with Crippen LogP contribution >= 0.6 is 0 Å². The molecule has 0 saturated carbocycles. The van der Waals surface area contributed by atoms with Crippen LogP contribution in [0.3, 0.4) is 0 Å². The number of rotatable bonds is 6. The molecule has 0 saturated heterocycles. The highest BCUT2D eigenvalue weighted by molar-refractivity contribution is 4.94. The topological polar surface area (TPSA) is 60.9 Å². The van der Waals surface area contributed by atoms with E-state index in [4.69, 9.17) is 5.11 Å². The van der Waals surface area contributed by atoms with Crippen molar-refractivity contribution in [3.63, 3.8) is 0 Å². The second-order valence-corrected chi connectivity index (χ2v) is 4.33. The fourth-order valence-corrected chi connectivity index (χ4v) is 1.13. The van der Waals surface area contributed by atoms with Crippen molar-refractivity contribution in [2.45, 2.75) is 20.3 Å². The first-order valence-corrected chi connectivity index (χ1v) is 4.93. The van der Waals surface area contributed by atoms with Gasteiger partial charge in [0.2, 0.25) is 0 Å². The van der Waals surface area contributed by atoms with E-state index in [-0.39, 0.29) is 12.0 Å². The zero-order chi connectivity index (χ0) is 10.4. The van der Waals surface area contributed by atoms with Crippen LogP contribution in [-0.2, 0) is 6.42 Å². The minimum Gasteiger partial charge on any atom is -0.396 e. The summed E-state index contributed by atoms with van der Waals surface area (Å²) in [6, 6.07) is 0. The zero-order valence-electron chi connectivity index (χ0n) is 8.88. The van der Waals surface area contributed by atoms with Crippen LogP contribution in [-0.4, -0.2) is 34.8 Å². The maximum absolute atomic E-state index is 9.02. The molecule has 0 unspecified atom stereocenters. The van der Waals surface area contributed by atoms with Gasteiger partial charge >= 0.3 is 0 Å². The summed E-state index contributed by atoms with van der Waals surface area (Å²) in [6.07, 6.45) is 4.47. The Bertz CT molecular complexity index is 244. The fourth-order valence-electron chi connectivity index (χ4n) is 1.13. The quantitative estimate of drug-likeness (QED) is 0.584. The molecule has 0 aliphatic carbocycles. The van der Waals surface area contributed by atoms with Gasteiger partial charge in [0.05, 0.1) is 6.33 Å². The van der Waals surface area contributed by atoms with Gasteiger partial charge in [-0.25, -0.2) is 4.98 Å². The van der Waals surface area contributed by atoms with E-state index in [2.05, 4.69) is 15.3 Å². The van der Waals surface area contributed by atoms with Gasteiger partial charge in [0, 0.05) is 43.4 Å². The van der Waals surface area contributed by atoms with E-state index >= 15 is 0 Å². The number of nitrogens with one attached hydrogen (secondary N) is 2. The maximum atomic E-state index is 9.02. The molecule has 4 nitrogen and oxygen atoms in total. The lowest BCUT2D eigenvalue weighted by Gasteiger charge is -2.21. The predicted octanol–water partition coefficient (Wildman–Crippen LogP) is 0.560. The van der Waals surface area contributed by atoms with Crippen molar-refractivity contribution in [2.75, 3.05) is 19.7 Å². The van der Waals surface area contributed by atoms with Crippen molar-refractivity contribution in [1.29, 1.82) is 0 Å². The highest BCUT2D eigenvalue weighted by Crippen LogP contribution is 2.10. The molecule has 1 aromatic rings. The molecule has 0 atom stereocenters.